The third-order valence-electron chi connectivity index (χ3n) is 1.95. The molecule has 0 aliphatic heterocycles. The summed E-state index contributed by atoms with van der Waals surface area (Å²) in [4.78, 5) is 15.7. The van der Waals surface area contributed by atoms with E-state index >= 15 is 0 Å². The largest absolute Gasteiger partial charge is 0.293 e. The number of halogens is 1. The maximum absolute atomic E-state index is 11.5. The van der Waals surface area contributed by atoms with Gasteiger partial charge in [-0.2, -0.15) is 0 Å². The first kappa shape index (κ1) is 13.5. The predicted molar refractivity (Wildman–Crippen MR) is 68.8 cm³/mol. The molecule has 1 atom stereocenters. The zero-order valence-corrected chi connectivity index (χ0v) is 11.5. The van der Waals surface area contributed by atoms with E-state index in [9.17, 15) is 4.79 Å². The van der Waals surface area contributed by atoms with Crippen molar-refractivity contribution in [2.75, 3.05) is 0 Å². The number of hydrazine groups is 1. The fourth-order valence-electron chi connectivity index (χ4n) is 1.14. The van der Waals surface area contributed by atoms with Crippen LogP contribution in [0.25, 0.3) is 0 Å². The lowest BCUT2D eigenvalue weighted by Gasteiger charge is -2.17. The Kier molecular flexibility index (Phi) is 5.24. The van der Waals surface area contributed by atoms with Crippen molar-refractivity contribution in [1.82, 2.24) is 10.4 Å². The van der Waals surface area contributed by atoms with Crippen LogP contribution in [0, 0.1) is 5.92 Å². The molecular formula is C10H14BrN3OS. The minimum atomic E-state index is -0.223. The number of aromatic nitrogens is 1. The first-order valence-electron chi connectivity index (χ1n) is 4.83. The number of rotatable bonds is 4. The highest BCUT2D eigenvalue weighted by atomic mass is 79.9. The first-order valence-corrected chi connectivity index (χ1v) is 6.50. The van der Waals surface area contributed by atoms with Crippen molar-refractivity contribution in [1.29, 1.82) is 0 Å². The van der Waals surface area contributed by atoms with Gasteiger partial charge in [-0.25, -0.2) is 10.8 Å². The highest BCUT2D eigenvalue weighted by Gasteiger charge is 2.23. The fraction of sp³-hybridized carbons (Fsp3) is 0.400. The van der Waals surface area contributed by atoms with Gasteiger partial charge < -0.3 is 0 Å². The lowest BCUT2D eigenvalue weighted by atomic mass is 10.1. The molecule has 88 valence electrons. The van der Waals surface area contributed by atoms with Crippen molar-refractivity contribution < 1.29 is 4.79 Å². The van der Waals surface area contributed by atoms with Crippen molar-refractivity contribution in [3.8, 4) is 0 Å². The predicted octanol–water partition coefficient (Wildman–Crippen LogP) is 1.95. The average molecular weight is 304 g/mol. The zero-order chi connectivity index (χ0) is 12.1. The molecule has 0 spiro atoms. The van der Waals surface area contributed by atoms with Crippen LogP contribution < -0.4 is 11.3 Å². The summed E-state index contributed by atoms with van der Waals surface area (Å²) in [7, 11) is 0. The minimum Gasteiger partial charge on any atom is -0.293 e. The topological polar surface area (TPSA) is 68.0 Å². The molecule has 0 aromatic carbocycles. The van der Waals surface area contributed by atoms with Crippen LogP contribution in [0.3, 0.4) is 0 Å². The lowest BCUT2D eigenvalue weighted by Crippen LogP contribution is -2.39. The van der Waals surface area contributed by atoms with Gasteiger partial charge >= 0.3 is 0 Å². The summed E-state index contributed by atoms with van der Waals surface area (Å²) in [5.74, 6) is 5.17. The van der Waals surface area contributed by atoms with Gasteiger partial charge in [-0.15, -0.1) is 0 Å². The van der Waals surface area contributed by atoms with E-state index in [-0.39, 0.29) is 17.1 Å². The van der Waals surface area contributed by atoms with E-state index in [0.29, 0.717) is 0 Å². The molecule has 1 aromatic heterocycles. The van der Waals surface area contributed by atoms with Crippen LogP contribution in [0.1, 0.15) is 13.8 Å². The summed E-state index contributed by atoms with van der Waals surface area (Å²) in [6.07, 6.45) is 1.71. The second-order valence-electron chi connectivity index (χ2n) is 3.61. The fourth-order valence-corrected chi connectivity index (χ4v) is 2.34. The van der Waals surface area contributed by atoms with Gasteiger partial charge in [0, 0.05) is 10.7 Å². The zero-order valence-electron chi connectivity index (χ0n) is 9.11. The Morgan fingerprint density at radius 2 is 2.25 bits per heavy atom. The van der Waals surface area contributed by atoms with Gasteiger partial charge in [0.1, 0.15) is 0 Å². The molecule has 16 heavy (non-hydrogen) atoms. The average Bonchev–Trinajstić information content (AvgIpc) is 2.27. The van der Waals surface area contributed by atoms with E-state index in [1.807, 2.05) is 26.0 Å². The molecule has 0 bridgehead atoms. The van der Waals surface area contributed by atoms with Crippen LogP contribution in [-0.4, -0.2) is 16.1 Å². The van der Waals surface area contributed by atoms with E-state index in [1.54, 1.807) is 6.20 Å². The molecule has 1 aromatic rings. The SMILES string of the molecule is CC(C)C(Sc1ccc(Br)cn1)C(=O)NN. The summed E-state index contributed by atoms with van der Waals surface area (Å²) in [6.45, 7) is 3.96. The number of pyridine rings is 1. The lowest BCUT2D eigenvalue weighted by molar-refractivity contribution is -0.121. The van der Waals surface area contributed by atoms with Gasteiger partial charge in [0.2, 0.25) is 5.91 Å². The Bertz CT molecular complexity index is 356. The third kappa shape index (κ3) is 3.77. The van der Waals surface area contributed by atoms with Gasteiger partial charge in [-0.3, -0.25) is 10.2 Å². The Morgan fingerprint density at radius 1 is 1.56 bits per heavy atom. The van der Waals surface area contributed by atoms with Gasteiger partial charge in [0.15, 0.2) is 0 Å². The van der Waals surface area contributed by atoms with Crippen LogP contribution in [0.2, 0.25) is 0 Å². The third-order valence-corrected chi connectivity index (χ3v) is 3.92. The summed E-state index contributed by atoms with van der Waals surface area (Å²) >= 11 is 4.73. The number of hydrogen-bond donors (Lipinski definition) is 2. The molecule has 4 nitrogen and oxygen atoms in total. The number of nitrogens with one attached hydrogen (secondary N) is 1. The number of amides is 1. The Morgan fingerprint density at radius 3 is 2.69 bits per heavy atom. The Balaban J connectivity index is 2.75. The Labute approximate surface area is 107 Å². The molecule has 0 fully saturated rings. The number of nitrogens with two attached hydrogens (primary N) is 1. The van der Waals surface area contributed by atoms with Crippen molar-refractivity contribution in [3.05, 3.63) is 22.8 Å². The quantitative estimate of drug-likeness (QED) is 0.386. The highest BCUT2D eigenvalue weighted by molar-refractivity contribution is 9.10. The van der Waals surface area contributed by atoms with Crippen molar-refractivity contribution >= 4 is 33.6 Å². The van der Waals surface area contributed by atoms with E-state index in [0.717, 1.165) is 9.50 Å². The van der Waals surface area contributed by atoms with Crippen LogP contribution >= 0.6 is 27.7 Å². The second kappa shape index (κ2) is 6.22. The molecule has 0 radical (unpaired) electrons. The van der Waals surface area contributed by atoms with E-state index in [1.165, 1.54) is 11.8 Å². The molecule has 1 amide bonds. The van der Waals surface area contributed by atoms with Crippen LogP contribution in [0.4, 0.5) is 0 Å². The van der Waals surface area contributed by atoms with Crippen LogP contribution in [0.15, 0.2) is 27.8 Å². The van der Waals surface area contributed by atoms with Crippen LogP contribution in [0.5, 0.6) is 0 Å². The first-order chi connectivity index (χ1) is 7.54. The maximum Gasteiger partial charge on any atom is 0.247 e. The van der Waals surface area contributed by atoms with Crippen LogP contribution in [-0.2, 0) is 4.79 Å². The van der Waals surface area contributed by atoms with Crippen molar-refractivity contribution in [2.45, 2.75) is 24.1 Å². The molecule has 0 saturated carbocycles. The smallest absolute Gasteiger partial charge is 0.247 e. The molecule has 1 rings (SSSR count). The van der Waals surface area contributed by atoms with Gasteiger partial charge in [-0.05, 0) is 34.0 Å². The maximum atomic E-state index is 11.5. The van der Waals surface area contributed by atoms with Crippen molar-refractivity contribution in [3.63, 3.8) is 0 Å². The van der Waals surface area contributed by atoms with Gasteiger partial charge in [-0.1, -0.05) is 25.6 Å². The van der Waals surface area contributed by atoms with E-state index in [2.05, 4.69) is 26.3 Å². The molecule has 6 heteroatoms. The standard InChI is InChI=1S/C10H14BrN3OS/c1-6(2)9(10(15)14-12)16-8-4-3-7(11)5-13-8/h3-6,9H,12H2,1-2H3,(H,14,15). The normalized spacial score (nSPS) is 12.6. The van der Waals surface area contributed by atoms with Gasteiger partial charge in [0.25, 0.3) is 0 Å². The summed E-state index contributed by atoms with van der Waals surface area (Å²) < 4.78 is 0.918. The number of carbonyl (C=O) groups is 1. The van der Waals surface area contributed by atoms with E-state index < -0.39 is 0 Å². The molecule has 0 saturated heterocycles. The summed E-state index contributed by atoms with van der Waals surface area (Å²) in [5.41, 5.74) is 2.18. The number of thioether (sulfide) groups is 1. The highest BCUT2D eigenvalue weighted by Crippen LogP contribution is 2.27. The number of nitrogens with zero attached hydrogens (tertiary/aromatic N) is 1. The minimum absolute atomic E-state index is 0.176. The monoisotopic (exact) mass is 303 g/mol. The molecule has 3 N–H and O–H groups in total. The molecule has 0 aliphatic rings. The molecule has 1 unspecified atom stereocenters. The second-order valence-corrected chi connectivity index (χ2v) is 5.68. The Hall–Kier alpha value is -0.590. The molecule has 1 heterocycles. The molecular weight excluding hydrogens is 290 g/mol. The molecule has 0 aliphatic carbocycles. The van der Waals surface area contributed by atoms with Crippen molar-refractivity contribution in [2.24, 2.45) is 11.8 Å². The summed E-state index contributed by atoms with van der Waals surface area (Å²) in [6, 6.07) is 3.76. The van der Waals surface area contributed by atoms with Gasteiger partial charge in [0.05, 0.1) is 10.3 Å². The summed E-state index contributed by atoms with van der Waals surface area (Å²) in [5, 5.41) is 0.587. The number of carbonyl (C=O) groups excluding carboxylic acids is 1. The van der Waals surface area contributed by atoms with E-state index in [4.69, 9.17) is 5.84 Å². The number of hydrogen-bond acceptors (Lipinski definition) is 4.